The molecule has 9 heteroatoms. The molecule has 4 rings (SSSR count). The summed E-state index contributed by atoms with van der Waals surface area (Å²) in [6, 6.07) is 11.5. The van der Waals surface area contributed by atoms with Crippen LogP contribution in [0.15, 0.2) is 53.4 Å². The Balaban J connectivity index is 1.64. The van der Waals surface area contributed by atoms with Crippen molar-refractivity contribution in [3.63, 3.8) is 0 Å². The van der Waals surface area contributed by atoms with Crippen molar-refractivity contribution in [1.82, 2.24) is 9.29 Å². The van der Waals surface area contributed by atoms with Crippen molar-refractivity contribution in [2.75, 3.05) is 18.4 Å². The van der Waals surface area contributed by atoms with E-state index in [1.165, 1.54) is 22.5 Å². The number of anilines is 2. The van der Waals surface area contributed by atoms with E-state index in [0.29, 0.717) is 35.5 Å². The predicted octanol–water partition coefficient (Wildman–Crippen LogP) is 5.09. The molecular formula is C21H20F3N3O2S. The molecule has 0 unspecified atom stereocenters. The standard InChI is InChI=1S/C21H20F3N3O2S/c1-14-12-19(18-9-4-15(21(22,23)24)13-20(18)25-14)26-16-5-7-17(8-6-16)30(28,29)27-10-2-3-11-27/h4-9,12-13H,2-3,10-11H2,1H3,(H,25,26). The van der Waals surface area contributed by atoms with Crippen LogP contribution in [0.1, 0.15) is 24.1 Å². The van der Waals surface area contributed by atoms with Crippen LogP contribution in [0.3, 0.4) is 0 Å². The Morgan fingerprint density at radius 1 is 1.00 bits per heavy atom. The molecule has 1 aliphatic rings. The average Bonchev–Trinajstić information content (AvgIpc) is 3.23. The molecule has 5 nitrogen and oxygen atoms in total. The van der Waals surface area contributed by atoms with Crippen molar-refractivity contribution in [3.05, 3.63) is 59.8 Å². The van der Waals surface area contributed by atoms with Crippen LogP contribution in [0.5, 0.6) is 0 Å². The molecule has 2 heterocycles. The van der Waals surface area contributed by atoms with Crippen LogP contribution in [0.4, 0.5) is 24.5 Å². The van der Waals surface area contributed by atoms with Crippen molar-refractivity contribution < 1.29 is 21.6 Å². The van der Waals surface area contributed by atoms with E-state index in [2.05, 4.69) is 10.3 Å². The van der Waals surface area contributed by atoms with Crippen molar-refractivity contribution in [2.45, 2.75) is 30.8 Å². The first-order chi connectivity index (χ1) is 14.1. The number of sulfonamides is 1. The van der Waals surface area contributed by atoms with Crippen molar-refractivity contribution in [3.8, 4) is 0 Å². The number of rotatable bonds is 4. The van der Waals surface area contributed by atoms with Gasteiger partial charge < -0.3 is 5.32 Å². The van der Waals surface area contributed by atoms with Crippen molar-refractivity contribution in [1.29, 1.82) is 0 Å². The third kappa shape index (κ3) is 3.99. The number of hydrogen-bond acceptors (Lipinski definition) is 4. The van der Waals surface area contributed by atoms with E-state index in [0.717, 1.165) is 25.0 Å². The molecule has 0 atom stereocenters. The normalized spacial score (nSPS) is 15.6. The van der Waals surface area contributed by atoms with Crippen molar-refractivity contribution >= 4 is 32.3 Å². The molecule has 1 saturated heterocycles. The number of aryl methyl sites for hydroxylation is 1. The van der Waals surface area contributed by atoms with Crippen molar-refractivity contribution in [2.24, 2.45) is 0 Å². The summed E-state index contributed by atoms with van der Waals surface area (Å²) in [7, 11) is -3.50. The Morgan fingerprint density at radius 2 is 1.67 bits per heavy atom. The van der Waals surface area contributed by atoms with Gasteiger partial charge in [-0.2, -0.15) is 17.5 Å². The summed E-state index contributed by atoms with van der Waals surface area (Å²) in [5, 5.41) is 3.71. The zero-order chi connectivity index (χ0) is 21.5. The van der Waals surface area contributed by atoms with Crippen LogP contribution in [-0.4, -0.2) is 30.8 Å². The topological polar surface area (TPSA) is 62.3 Å². The minimum atomic E-state index is -4.44. The third-order valence-corrected chi connectivity index (χ3v) is 7.01. The zero-order valence-corrected chi connectivity index (χ0v) is 17.0. The lowest BCUT2D eigenvalue weighted by Gasteiger charge is -2.16. The first kappa shape index (κ1) is 20.6. The molecule has 0 saturated carbocycles. The number of halogens is 3. The van der Waals surface area contributed by atoms with Crippen LogP contribution < -0.4 is 5.32 Å². The van der Waals surface area contributed by atoms with Gasteiger partial charge in [-0.1, -0.05) is 6.07 Å². The molecule has 0 bridgehead atoms. The van der Waals surface area contributed by atoms with Gasteiger partial charge in [0.05, 0.1) is 16.0 Å². The summed E-state index contributed by atoms with van der Waals surface area (Å²) < 4.78 is 65.8. The monoisotopic (exact) mass is 435 g/mol. The van der Waals surface area contributed by atoms with Gasteiger partial charge in [-0.05, 0) is 62.2 Å². The molecule has 158 valence electrons. The van der Waals surface area contributed by atoms with Gasteiger partial charge >= 0.3 is 6.18 Å². The highest BCUT2D eigenvalue weighted by Gasteiger charge is 2.31. The number of benzene rings is 2. The second kappa shape index (κ2) is 7.55. The lowest BCUT2D eigenvalue weighted by atomic mass is 10.1. The van der Waals surface area contributed by atoms with Crippen LogP contribution in [-0.2, 0) is 16.2 Å². The Morgan fingerprint density at radius 3 is 2.30 bits per heavy atom. The van der Waals surface area contributed by atoms with E-state index in [1.807, 2.05) is 0 Å². The third-order valence-electron chi connectivity index (χ3n) is 5.10. The van der Waals surface area contributed by atoms with E-state index in [-0.39, 0.29) is 10.4 Å². The van der Waals surface area contributed by atoms with E-state index in [9.17, 15) is 21.6 Å². The molecule has 2 aromatic carbocycles. The molecule has 1 N–H and O–H groups in total. The van der Waals surface area contributed by atoms with E-state index in [4.69, 9.17) is 0 Å². The Bertz CT molecular complexity index is 1190. The van der Waals surface area contributed by atoms with E-state index in [1.54, 1.807) is 25.1 Å². The second-order valence-corrected chi connectivity index (χ2v) is 9.24. The highest BCUT2D eigenvalue weighted by atomic mass is 32.2. The molecule has 0 spiro atoms. The summed E-state index contributed by atoms with van der Waals surface area (Å²) in [4.78, 5) is 4.44. The molecule has 30 heavy (non-hydrogen) atoms. The highest BCUT2D eigenvalue weighted by molar-refractivity contribution is 7.89. The van der Waals surface area contributed by atoms with E-state index >= 15 is 0 Å². The molecule has 0 radical (unpaired) electrons. The maximum Gasteiger partial charge on any atom is 0.416 e. The van der Waals surface area contributed by atoms with Gasteiger partial charge in [0, 0.05) is 35.5 Å². The number of hydrogen-bond donors (Lipinski definition) is 1. The van der Waals surface area contributed by atoms with Crippen LogP contribution in [0.2, 0.25) is 0 Å². The fourth-order valence-electron chi connectivity index (χ4n) is 3.58. The summed E-state index contributed by atoms with van der Waals surface area (Å²) in [5.41, 5.74) is 1.28. The van der Waals surface area contributed by atoms with Crippen LogP contribution >= 0.6 is 0 Å². The summed E-state index contributed by atoms with van der Waals surface area (Å²) in [6.45, 7) is 2.77. The summed E-state index contributed by atoms with van der Waals surface area (Å²) in [6.07, 6.45) is -2.71. The van der Waals surface area contributed by atoms with E-state index < -0.39 is 21.8 Å². The largest absolute Gasteiger partial charge is 0.416 e. The SMILES string of the molecule is Cc1cc(Nc2ccc(S(=O)(=O)N3CCCC3)cc2)c2ccc(C(F)(F)F)cc2n1. The number of nitrogens with zero attached hydrogens (tertiary/aromatic N) is 2. The fourth-order valence-corrected chi connectivity index (χ4v) is 5.10. The zero-order valence-electron chi connectivity index (χ0n) is 16.2. The number of nitrogens with one attached hydrogen (secondary N) is 1. The highest BCUT2D eigenvalue weighted by Crippen LogP contribution is 2.34. The molecule has 0 aliphatic carbocycles. The number of pyridine rings is 1. The Hall–Kier alpha value is -2.65. The second-order valence-electron chi connectivity index (χ2n) is 7.30. The maximum atomic E-state index is 13.0. The van der Waals surface area contributed by atoms with Crippen LogP contribution in [0, 0.1) is 6.92 Å². The minimum Gasteiger partial charge on any atom is -0.355 e. The van der Waals surface area contributed by atoms with Gasteiger partial charge in [-0.25, -0.2) is 8.42 Å². The quantitative estimate of drug-likeness (QED) is 0.620. The molecular weight excluding hydrogens is 415 g/mol. The lowest BCUT2D eigenvalue weighted by molar-refractivity contribution is -0.137. The first-order valence-corrected chi connectivity index (χ1v) is 10.9. The molecule has 1 fully saturated rings. The van der Waals surface area contributed by atoms with Crippen LogP contribution in [0.25, 0.3) is 10.9 Å². The number of fused-ring (bicyclic) bond motifs is 1. The smallest absolute Gasteiger partial charge is 0.355 e. The minimum absolute atomic E-state index is 0.223. The fraction of sp³-hybridized carbons (Fsp3) is 0.286. The molecule has 3 aromatic rings. The summed E-state index contributed by atoms with van der Waals surface area (Å²) >= 11 is 0. The van der Waals surface area contributed by atoms with Gasteiger partial charge in [-0.3, -0.25) is 4.98 Å². The first-order valence-electron chi connectivity index (χ1n) is 9.50. The lowest BCUT2D eigenvalue weighted by Crippen LogP contribution is -2.27. The molecule has 1 aliphatic heterocycles. The maximum absolute atomic E-state index is 13.0. The Kier molecular flexibility index (Phi) is 5.19. The Labute approximate surface area is 172 Å². The molecule has 1 aromatic heterocycles. The molecule has 0 amide bonds. The number of alkyl halides is 3. The van der Waals surface area contributed by atoms with Gasteiger partial charge in [0.25, 0.3) is 0 Å². The van der Waals surface area contributed by atoms with Gasteiger partial charge in [0.1, 0.15) is 0 Å². The average molecular weight is 435 g/mol. The van der Waals surface area contributed by atoms with Gasteiger partial charge in [-0.15, -0.1) is 0 Å². The van der Waals surface area contributed by atoms with Gasteiger partial charge in [0.15, 0.2) is 0 Å². The predicted molar refractivity (Wildman–Crippen MR) is 109 cm³/mol. The van der Waals surface area contributed by atoms with Gasteiger partial charge in [0.2, 0.25) is 10.0 Å². The number of aromatic nitrogens is 1. The summed E-state index contributed by atoms with van der Waals surface area (Å²) in [5.74, 6) is 0.